The Morgan fingerprint density at radius 3 is 2.61 bits per heavy atom. The van der Waals surface area contributed by atoms with E-state index >= 15 is 0 Å². The number of nitrogens with two attached hydrogens (primary N) is 1. The molecule has 1 aromatic carbocycles. The number of anilines is 1. The number of carbonyl (C=O) groups excluding carboxylic acids is 2. The van der Waals surface area contributed by atoms with Crippen molar-refractivity contribution in [1.29, 1.82) is 0 Å². The van der Waals surface area contributed by atoms with Crippen LogP contribution in [0.4, 0.5) is 5.69 Å². The van der Waals surface area contributed by atoms with Crippen molar-refractivity contribution in [3.63, 3.8) is 0 Å². The monoisotopic (exact) mass is 426 g/mol. The Hall–Kier alpha value is -2.35. The molecule has 0 spiro atoms. The summed E-state index contributed by atoms with van der Waals surface area (Å²) in [4.78, 5) is 28.2. The molecule has 9 heteroatoms. The molecule has 2 unspecified atom stereocenters. The van der Waals surface area contributed by atoms with E-state index in [2.05, 4.69) is 15.6 Å². The number of benzene rings is 1. The second kappa shape index (κ2) is 10.8. The van der Waals surface area contributed by atoms with E-state index < -0.39 is 0 Å². The molecule has 28 heavy (non-hydrogen) atoms. The number of pyridine rings is 1. The Bertz CT molecular complexity index is 819. The molecule has 7 nitrogen and oxygen atoms in total. The lowest BCUT2D eigenvalue weighted by Crippen LogP contribution is -2.23. The Balaban J connectivity index is 0.00000196. The maximum atomic E-state index is 12.5. The van der Waals surface area contributed by atoms with Gasteiger partial charge in [-0.15, -0.1) is 24.8 Å². The summed E-state index contributed by atoms with van der Waals surface area (Å²) in [5, 5.41) is 5.45. The largest absolute Gasteiger partial charge is 0.455 e. The molecule has 0 saturated heterocycles. The van der Waals surface area contributed by atoms with Crippen LogP contribution in [0, 0.1) is 5.92 Å². The van der Waals surface area contributed by atoms with Crippen LogP contribution >= 0.6 is 24.8 Å². The van der Waals surface area contributed by atoms with Crippen LogP contribution in [0.5, 0.6) is 11.5 Å². The lowest BCUT2D eigenvalue weighted by atomic mass is 10.1. The summed E-state index contributed by atoms with van der Waals surface area (Å²) in [5.41, 5.74) is 6.73. The van der Waals surface area contributed by atoms with Gasteiger partial charge in [-0.1, -0.05) is 12.1 Å². The number of halogens is 2. The smallest absolute Gasteiger partial charge is 0.269 e. The van der Waals surface area contributed by atoms with Gasteiger partial charge < -0.3 is 21.1 Å². The second-order valence-corrected chi connectivity index (χ2v) is 6.31. The van der Waals surface area contributed by atoms with Gasteiger partial charge in [0.2, 0.25) is 5.91 Å². The van der Waals surface area contributed by atoms with Gasteiger partial charge in [-0.05, 0) is 37.5 Å². The lowest BCUT2D eigenvalue weighted by Gasteiger charge is -2.15. The van der Waals surface area contributed by atoms with Crippen LogP contribution in [0.3, 0.4) is 0 Å². The number of hydrogen-bond acceptors (Lipinski definition) is 5. The van der Waals surface area contributed by atoms with E-state index in [0.29, 0.717) is 23.6 Å². The van der Waals surface area contributed by atoms with E-state index in [-0.39, 0.29) is 54.3 Å². The standard InChI is InChI=1S/C19H22N4O3.2ClH/c1-21-19(25)16-11-14(8-9-22-16)26-17-5-3-2-4-15(17)23-18(24)12-6-7-13(20)10-12;;/h2-5,8-9,11-13H,6-7,10,20H2,1H3,(H,21,25)(H,23,24);2*1H. The van der Waals surface area contributed by atoms with Crippen molar-refractivity contribution < 1.29 is 14.3 Å². The SMILES string of the molecule is CNC(=O)c1cc(Oc2ccccc2NC(=O)C2CCC(N)C2)ccn1.Cl.Cl. The van der Waals surface area contributed by atoms with E-state index in [4.69, 9.17) is 10.5 Å². The first-order chi connectivity index (χ1) is 12.6. The number of amides is 2. The van der Waals surface area contributed by atoms with Gasteiger partial charge in [-0.2, -0.15) is 0 Å². The van der Waals surface area contributed by atoms with Crippen LogP contribution in [0.2, 0.25) is 0 Å². The van der Waals surface area contributed by atoms with Crippen LogP contribution < -0.4 is 21.1 Å². The number of ether oxygens (including phenoxy) is 1. The fraction of sp³-hybridized carbons (Fsp3) is 0.316. The zero-order valence-corrected chi connectivity index (χ0v) is 17.0. The fourth-order valence-corrected chi connectivity index (χ4v) is 3.00. The summed E-state index contributed by atoms with van der Waals surface area (Å²) >= 11 is 0. The molecule has 1 heterocycles. The highest BCUT2D eigenvalue weighted by Gasteiger charge is 2.28. The Labute approximate surface area is 176 Å². The zero-order chi connectivity index (χ0) is 18.5. The van der Waals surface area contributed by atoms with E-state index in [9.17, 15) is 9.59 Å². The molecular formula is C19H24Cl2N4O3. The Morgan fingerprint density at radius 1 is 1.18 bits per heavy atom. The number of carbonyl (C=O) groups is 2. The van der Waals surface area contributed by atoms with Crippen molar-refractivity contribution in [3.8, 4) is 11.5 Å². The summed E-state index contributed by atoms with van der Waals surface area (Å²) in [7, 11) is 1.54. The second-order valence-electron chi connectivity index (χ2n) is 6.31. The van der Waals surface area contributed by atoms with Crippen molar-refractivity contribution in [2.75, 3.05) is 12.4 Å². The van der Waals surface area contributed by atoms with Crippen LogP contribution in [0.1, 0.15) is 29.8 Å². The van der Waals surface area contributed by atoms with Crippen molar-refractivity contribution in [2.45, 2.75) is 25.3 Å². The molecule has 1 aliphatic carbocycles. The summed E-state index contributed by atoms with van der Waals surface area (Å²) < 4.78 is 5.87. The third-order valence-electron chi connectivity index (χ3n) is 4.41. The molecule has 1 fully saturated rings. The van der Waals surface area contributed by atoms with Crippen molar-refractivity contribution in [1.82, 2.24) is 10.3 Å². The zero-order valence-electron chi connectivity index (χ0n) is 15.4. The highest BCUT2D eigenvalue weighted by atomic mass is 35.5. The maximum Gasteiger partial charge on any atom is 0.269 e. The Kier molecular flexibility index (Phi) is 9.18. The van der Waals surface area contributed by atoms with E-state index in [1.54, 1.807) is 24.3 Å². The van der Waals surface area contributed by atoms with Gasteiger partial charge in [-0.25, -0.2) is 0 Å². The average molecular weight is 427 g/mol. The molecule has 0 bridgehead atoms. The molecule has 2 atom stereocenters. The van der Waals surface area contributed by atoms with Crippen molar-refractivity contribution >= 4 is 42.3 Å². The molecule has 1 aliphatic rings. The molecule has 4 N–H and O–H groups in total. The maximum absolute atomic E-state index is 12.5. The normalized spacial score (nSPS) is 17.6. The first-order valence-electron chi connectivity index (χ1n) is 8.58. The van der Waals surface area contributed by atoms with E-state index in [0.717, 1.165) is 12.8 Å². The minimum absolute atomic E-state index is 0. The number of nitrogens with zero attached hydrogens (tertiary/aromatic N) is 1. The predicted octanol–water partition coefficient (Wildman–Crippen LogP) is 3.14. The molecule has 2 amide bonds. The fourth-order valence-electron chi connectivity index (χ4n) is 3.00. The molecule has 2 aromatic rings. The van der Waals surface area contributed by atoms with Crippen LogP contribution in [0.25, 0.3) is 0 Å². The van der Waals surface area contributed by atoms with E-state index in [1.807, 2.05) is 12.1 Å². The molecule has 0 aliphatic heterocycles. The van der Waals surface area contributed by atoms with E-state index in [1.165, 1.54) is 13.2 Å². The number of aromatic nitrogens is 1. The van der Waals surface area contributed by atoms with Crippen molar-refractivity contribution in [3.05, 3.63) is 48.3 Å². The van der Waals surface area contributed by atoms with Gasteiger partial charge >= 0.3 is 0 Å². The highest BCUT2D eigenvalue weighted by Crippen LogP contribution is 2.31. The molecule has 0 radical (unpaired) electrons. The summed E-state index contributed by atoms with van der Waals surface area (Å²) in [6.07, 6.45) is 3.88. The van der Waals surface area contributed by atoms with Gasteiger partial charge in [-0.3, -0.25) is 14.6 Å². The van der Waals surface area contributed by atoms with Gasteiger partial charge in [0, 0.05) is 31.3 Å². The van der Waals surface area contributed by atoms with Crippen molar-refractivity contribution in [2.24, 2.45) is 11.7 Å². The van der Waals surface area contributed by atoms with Gasteiger partial charge in [0.25, 0.3) is 5.91 Å². The Morgan fingerprint density at radius 2 is 1.93 bits per heavy atom. The minimum atomic E-state index is -0.297. The summed E-state index contributed by atoms with van der Waals surface area (Å²) in [6, 6.07) is 10.5. The van der Waals surface area contributed by atoms with Gasteiger partial charge in [0.1, 0.15) is 11.4 Å². The average Bonchev–Trinajstić information content (AvgIpc) is 3.09. The summed E-state index contributed by atoms with van der Waals surface area (Å²) in [6.45, 7) is 0. The number of para-hydroxylation sites is 2. The number of rotatable bonds is 5. The molecule has 1 aromatic heterocycles. The highest BCUT2D eigenvalue weighted by molar-refractivity contribution is 5.94. The number of nitrogens with one attached hydrogen (secondary N) is 2. The third kappa shape index (κ3) is 5.82. The molecule has 3 rings (SSSR count). The van der Waals surface area contributed by atoms with Gasteiger partial charge in [0.05, 0.1) is 5.69 Å². The molecule has 152 valence electrons. The van der Waals surface area contributed by atoms with Crippen LogP contribution in [0.15, 0.2) is 42.6 Å². The first kappa shape index (κ1) is 23.7. The predicted molar refractivity (Wildman–Crippen MR) is 113 cm³/mol. The third-order valence-corrected chi connectivity index (χ3v) is 4.41. The van der Waals surface area contributed by atoms with Crippen LogP contribution in [-0.4, -0.2) is 29.9 Å². The van der Waals surface area contributed by atoms with Crippen LogP contribution in [-0.2, 0) is 4.79 Å². The first-order valence-corrected chi connectivity index (χ1v) is 8.58. The molecular weight excluding hydrogens is 403 g/mol. The lowest BCUT2D eigenvalue weighted by molar-refractivity contribution is -0.119. The van der Waals surface area contributed by atoms with Gasteiger partial charge in [0.15, 0.2) is 5.75 Å². The summed E-state index contributed by atoms with van der Waals surface area (Å²) in [5.74, 6) is 0.545. The quantitative estimate of drug-likeness (QED) is 0.680. The topological polar surface area (TPSA) is 106 Å². The minimum Gasteiger partial charge on any atom is -0.455 e. The molecule has 1 saturated carbocycles. The number of hydrogen-bond donors (Lipinski definition) is 3.